The average molecular weight is 501 g/mol. The highest BCUT2D eigenvalue weighted by atomic mass is 127. The first kappa shape index (κ1) is 23.4. The summed E-state index contributed by atoms with van der Waals surface area (Å²) in [5.41, 5.74) is 4.39. The average Bonchev–Trinajstić information content (AvgIpc) is 3.22. The minimum atomic E-state index is 0. The summed E-state index contributed by atoms with van der Waals surface area (Å²) in [7, 11) is 1.82. The van der Waals surface area contributed by atoms with Crippen LogP contribution in [0, 0.1) is 5.92 Å². The van der Waals surface area contributed by atoms with Gasteiger partial charge in [-0.15, -0.1) is 24.0 Å². The number of halogens is 1. The second kappa shape index (κ2) is 12.6. The highest BCUT2D eigenvalue weighted by Gasteiger charge is 2.15. The number of hydrogen-bond acceptors (Lipinski definition) is 3. The Labute approximate surface area is 187 Å². The number of benzene rings is 1. The maximum absolute atomic E-state index is 5.76. The monoisotopic (exact) mass is 501 g/mol. The molecule has 0 spiro atoms. The van der Waals surface area contributed by atoms with Gasteiger partial charge in [-0.1, -0.05) is 18.2 Å². The quantitative estimate of drug-likeness (QED) is 0.246. The van der Waals surface area contributed by atoms with Crippen molar-refractivity contribution in [2.45, 2.75) is 51.5 Å². The minimum Gasteiger partial charge on any atom is -0.381 e. The van der Waals surface area contributed by atoms with Gasteiger partial charge in [0, 0.05) is 32.7 Å². The molecule has 5 nitrogen and oxygen atoms in total. The topological polar surface area (TPSA) is 54.9 Å². The first-order valence-electron chi connectivity index (χ1n) is 10.5. The molecule has 2 unspecified atom stereocenters. The number of guanidine groups is 1. The van der Waals surface area contributed by atoms with Gasteiger partial charge in [0.2, 0.25) is 0 Å². The number of fused-ring (bicyclic) bond motifs is 1. The zero-order valence-electron chi connectivity index (χ0n) is 17.3. The van der Waals surface area contributed by atoms with Gasteiger partial charge >= 0.3 is 0 Å². The van der Waals surface area contributed by atoms with Crippen molar-refractivity contribution >= 4 is 29.9 Å². The molecule has 1 aromatic rings. The molecule has 28 heavy (non-hydrogen) atoms. The smallest absolute Gasteiger partial charge is 0.191 e. The summed E-state index contributed by atoms with van der Waals surface area (Å²) in [5.74, 6) is 1.44. The highest BCUT2D eigenvalue weighted by molar-refractivity contribution is 14.0. The van der Waals surface area contributed by atoms with Crippen LogP contribution >= 0.6 is 24.0 Å². The van der Waals surface area contributed by atoms with Gasteiger partial charge in [0.25, 0.3) is 0 Å². The molecule has 6 heteroatoms. The van der Waals surface area contributed by atoms with E-state index in [9.17, 15) is 0 Å². The number of aliphatic imine (C=N–C) groups is 1. The summed E-state index contributed by atoms with van der Waals surface area (Å²) >= 11 is 0. The van der Waals surface area contributed by atoms with Crippen molar-refractivity contribution in [3.63, 3.8) is 0 Å². The molecule has 2 aliphatic rings. The molecule has 1 aromatic carbocycles. The zero-order valence-corrected chi connectivity index (χ0v) is 19.7. The van der Waals surface area contributed by atoms with Gasteiger partial charge in [-0.2, -0.15) is 0 Å². The Bertz CT molecular complexity index is 618. The fraction of sp³-hybridized carbons (Fsp3) is 0.682. The van der Waals surface area contributed by atoms with Crippen molar-refractivity contribution in [3.05, 3.63) is 34.9 Å². The predicted octanol–water partition coefficient (Wildman–Crippen LogP) is 3.85. The number of aryl methyl sites for hydroxylation is 2. The third kappa shape index (κ3) is 7.19. The zero-order chi connectivity index (χ0) is 18.9. The van der Waals surface area contributed by atoms with Crippen LogP contribution < -0.4 is 10.6 Å². The van der Waals surface area contributed by atoms with Crippen LogP contribution in [0.1, 0.15) is 55.3 Å². The van der Waals surface area contributed by atoms with Crippen LogP contribution in [0.5, 0.6) is 0 Å². The van der Waals surface area contributed by atoms with E-state index < -0.39 is 0 Å². The molecule has 158 valence electrons. The molecule has 2 N–H and O–H groups in total. The van der Waals surface area contributed by atoms with Crippen LogP contribution in [-0.4, -0.2) is 46.0 Å². The minimum absolute atomic E-state index is 0. The Morgan fingerprint density at radius 2 is 2.11 bits per heavy atom. The van der Waals surface area contributed by atoms with Gasteiger partial charge in [0.05, 0.1) is 19.3 Å². The maximum Gasteiger partial charge on any atom is 0.191 e. The number of ether oxygens (including phenoxy) is 2. The van der Waals surface area contributed by atoms with E-state index >= 15 is 0 Å². The fourth-order valence-corrected chi connectivity index (χ4v) is 3.85. The molecule has 0 aromatic heterocycles. The van der Waals surface area contributed by atoms with Gasteiger partial charge in [-0.25, -0.2) is 0 Å². The molecular formula is C22H36IN3O2. The van der Waals surface area contributed by atoms with Gasteiger partial charge < -0.3 is 20.1 Å². The Kier molecular flexibility index (Phi) is 10.6. The van der Waals surface area contributed by atoms with Crippen LogP contribution in [-0.2, 0) is 22.3 Å². The van der Waals surface area contributed by atoms with E-state index in [4.69, 9.17) is 9.47 Å². The lowest BCUT2D eigenvalue weighted by molar-refractivity contribution is 0.0888. The van der Waals surface area contributed by atoms with Crippen molar-refractivity contribution < 1.29 is 9.47 Å². The molecule has 1 fully saturated rings. The van der Waals surface area contributed by atoms with E-state index in [2.05, 4.69) is 40.7 Å². The van der Waals surface area contributed by atoms with Crippen molar-refractivity contribution in [2.24, 2.45) is 10.9 Å². The normalized spacial score (nSPS) is 20.2. The van der Waals surface area contributed by atoms with Gasteiger partial charge in [0.15, 0.2) is 5.96 Å². The summed E-state index contributed by atoms with van der Waals surface area (Å²) in [6.07, 6.45) is 7.20. The van der Waals surface area contributed by atoms with Crippen LogP contribution in [0.2, 0.25) is 0 Å². The van der Waals surface area contributed by atoms with Crippen LogP contribution in [0.4, 0.5) is 0 Å². The van der Waals surface area contributed by atoms with E-state index in [1.807, 2.05) is 7.05 Å². The molecule has 1 saturated heterocycles. The van der Waals surface area contributed by atoms with Crippen molar-refractivity contribution in [2.75, 3.05) is 40.0 Å². The van der Waals surface area contributed by atoms with E-state index in [0.717, 1.165) is 51.8 Å². The van der Waals surface area contributed by atoms with Crippen LogP contribution in [0.15, 0.2) is 23.2 Å². The van der Waals surface area contributed by atoms with E-state index in [1.165, 1.54) is 42.4 Å². The highest BCUT2D eigenvalue weighted by Crippen LogP contribution is 2.24. The number of nitrogens with one attached hydrogen (secondary N) is 2. The van der Waals surface area contributed by atoms with Crippen molar-refractivity contribution in [1.29, 1.82) is 0 Å². The molecule has 2 atom stereocenters. The summed E-state index contributed by atoms with van der Waals surface area (Å²) in [6, 6.07) is 7.18. The molecule has 0 saturated carbocycles. The molecule has 0 radical (unpaired) electrons. The van der Waals surface area contributed by atoms with Gasteiger partial charge in [-0.05, 0) is 62.1 Å². The number of nitrogens with zero attached hydrogens (tertiary/aromatic N) is 1. The molecule has 1 heterocycles. The first-order valence-corrected chi connectivity index (χ1v) is 10.5. The Morgan fingerprint density at radius 1 is 1.29 bits per heavy atom. The van der Waals surface area contributed by atoms with Crippen LogP contribution in [0.25, 0.3) is 0 Å². The number of hydrogen-bond donors (Lipinski definition) is 2. The molecule has 0 bridgehead atoms. The van der Waals surface area contributed by atoms with Gasteiger partial charge in [0.1, 0.15) is 0 Å². The largest absolute Gasteiger partial charge is 0.381 e. The molecule has 1 aliphatic heterocycles. The SMILES string of the molecule is CN=C(NCCCOCC1CCOC1)NC(C)c1ccc2c(c1)CCCC2.I. The standard InChI is InChI=1S/C22H35N3O2.HI/c1-17(20-9-8-19-6-3-4-7-21(19)14-20)25-22(23-2)24-11-5-12-26-15-18-10-13-27-16-18;/h8-9,14,17-18H,3-7,10-13,15-16H2,1-2H3,(H2,23,24,25);1H. The second-order valence-electron chi connectivity index (χ2n) is 7.76. The Hall–Kier alpha value is -0.860. The third-order valence-corrected chi connectivity index (χ3v) is 5.58. The summed E-state index contributed by atoms with van der Waals surface area (Å²) in [4.78, 5) is 4.36. The second-order valence-corrected chi connectivity index (χ2v) is 7.76. The fourth-order valence-electron chi connectivity index (χ4n) is 3.85. The van der Waals surface area contributed by atoms with Crippen molar-refractivity contribution in [1.82, 2.24) is 10.6 Å². The van der Waals surface area contributed by atoms with Crippen molar-refractivity contribution in [3.8, 4) is 0 Å². The van der Waals surface area contributed by atoms with E-state index in [1.54, 1.807) is 0 Å². The lowest BCUT2D eigenvalue weighted by Gasteiger charge is -2.21. The summed E-state index contributed by atoms with van der Waals surface area (Å²) in [6.45, 7) is 6.40. The van der Waals surface area contributed by atoms with Gasteiger partial charge in [-0.3, -0.25) is 4.99 Å². The lowest BCUT2D eigenvalue weighted by Crippen LogP contribution is -2.39. The summed E-state index contributed by atoms with van der Waals surface area (Å²) < 4.78 is 11.1. The third-order valence-electron chi connectivity index (χ3n) is 5.58. The number of rotatable bonds is 8. The molecule has 1 aliphatic carbocycles. The first-order chi connectivity index (χ1) is 13.3. The molecule has 3 rings (SSSR count). The predicted molar refractivity (Wildman–Crippen MR) is 126 cm³/mol. The van der Waals surface area contributed by atoms with E-state index in [0.29, 0.717) is 5.92 Å². The van der Waals surface area contributed by atoms with Crippen LogP contribution in [0.3, 0.4) is 0 Å². The van der Waals surface area contributed by atoms with E-state index in [-0.39, 0.29) is 30.0 Å². The molecular weight excluding hydrogens is 465 g/mol. The Balaban J connectivity index is 0.00000280. The Morgan fingerprint density at radius 3 is 2.86 bits per heavy atom. The maximum atomic E-state index is 5.76. The summed E-state index contributed by atoms with van der Waals surface area (Å²) in [5, 5.41) is 6.90. The lowest BCUT2D eigenvalue weighted by atomic mass is 9.89. The molecule has 0 amide bonds.